The Morgan fingerprint density at radius 2 is 1.63 bits per heavy atom. The topological polar surface area (TPSA) is 12.9 Å². The van der Waals surface area contributed by atoms with Crippen LogP contribution in [0.1, 0.15) is 11.1 Å². The fraction of sp³-hybridized carbons (Fsp3) is 0.118. The smallest absolute Gasteiger partial charge is 0.0741 e. The van der Waals surface area contributed by atoms with Gasteiger partial charge in [0.25, 0.3) is 0 Å². The molecule has 0 N–H and O–H groups in total. The number of halogens is 1. The van der Waals surface area contributed by atoms with E-state index in [2.05, 4.69) is 26.0 Å². The van der Waals surface area contributed by atoms with Crippen molar-refractivity contribution in [2.75, 3.05) is 0 Å². The molecule has 0 bridgehead atoms. The van der Waals surface area contributed by atoms with E-state index < -0.39 is 0 Å². The lowest BCUT2D eigenvalue weighted by molar-refractivity contribution is 1.28. The van der Waals surface area contributed by atoms with Gasteiger partial charge in [-0.25, -0.2) is 4.98 Å². The fourth-order valence-electron chi connectivity index (χ4n) is 2.37. The minimum Gasteiger partial charge on any atom is -0.247 e. The summed E-state index contributed by atoms with van der Waals surface area (Å²) in [6, 6.07) is 16.1. The molecule has 3 rings (SSSR count). The summed E-state index contributed by atoms with van der Waals surface area (Å²) in [7, 11) is 0. The number of hydrogen-bond donors (Lipinski definition) is 0. The highest BCUT2D eigenvalue weighted by Gasteiger charge is 2.10. The summed E-state index contributed by atoms with van der Waals surface area (Å²) in [6.45, 7) is 4.24. The lowest BCUT2D eigenvalue weighted by Crippen LogP contribution is -1.94. The van der Waals surface area contributed by atoms with Crippen LogP contribution in [0, 0.1) is 13.8 Å². The third-order valence-electron chi connectivity index (χ3n) is 3.56. The predicted octanol–water partition coefficient (Wildman–Crippen LogP) is 5.17. The van der Waals surface area contributed by atoms with Gasteiger partial charge in [0, 0.05) is 16.0 Å². The van der Waals surface area contributed by atoms with Crippen LogP contribution in [0.5, 0.6) is 0 Å². The molecule has 0 radical (unpaired) electrons. The normalized spacial score (nSPS) is 10.9. The first-order valence-electron chi connectivity index (χ1n) is 6.28. The standard InChI is InChI=1S/C17H14ClN/c1-11-12(2)17(13-6-4-3-5-7-13)19-16-9-8-14(18)10-15(11)16/h3-10H,1-2H3. The SMILES string of the molecule is Cc1c(-c2ccccc2)nc2ccc(Cl)cc2c1C. The predicted molar refractivity (Wildman–Crippen MR) is 81.7 cm³/mol. The van der Waals surface area contributed by atoms with E-state index in [1.807, 2.05) is 36.4 Å². The molecule has 0 aliphatic carbocycles. The van der Waals surface area contributed by atoms with Crippen LogP contribution in [-0.4, -0.2) is 4.98 Å². The van der Waals surface area contributed by atoms with Crippen molar-refractivity contribution in [2.45, 2.75) is 13.8 Å². The molecule has 94 valence electrons. The van der Waals surface area contributed by atoms with Crippen molar-refractivity contribution >= 4 is 22.5 Å². The molecule has 0 fully saturated rings. The summed E-state index contributed by atoms with van der Waals surface area (Å²) >= 11 is 6.07. The molecule has 0 spiro atoms. The Hall–Kier alpha value is -1.86. The largest absolute Gasteiger partial charge is 0.247 e. The number of pyridine rings is 1. The van der Waals surface area contributed by atoms with Gasteiger partial charge in [0.05, 0.1) is 11.2 Å². The summed E-state index contributed by atoms with van der Waals surface area (Å²) < 4.78 is 0. The number of fused-ring (bicyclic) bond motifs is 1. The molecular weight excluding hydrogens is 254 g/mol. The molecule has 0 aliphatic rings. The van der Waals surface area contributed by atoms with E-state index in [4.69, 9.17) is 16.6 Å². The van der Waals surface area contributed by atoms with Crippen molar-refractivity contribution in [1.82, 2.24) is 4.98 Å². The Bertz CT molecular complexity index is 748. The molecule has 1 heterocycles. The molecule has 0 aliphatic heterocycles. The van der Waals surface area contributed by atoms with Crippen LogP contribution >= 0.6 is 11.6 Å². The van der Waals surface area contributed by atoms with Gasteiger partial charge in [-0.2, -0.15) is 0 Å². The summed E-state index contributed by atoms with van der Waals surface area (Å²) in [5, 5.41) is 1.88. The number of hydrogen-bond acceptors (Lipinski definition) is 1. The number of rotatable bonds is 1. The van der Waals surface area contributed by atoms with Crippen molar-refractivity contribution in [3.8, 4) is 11.3 Å². The zero-order valence-corrected chi connectivity index (χ0v) is 11.7. The second-order valence-corrected chi connectivity index (χ2v) is 5.17. The molecule has 2 aromatic carbocycles. The highest BCUT2D eigenvalue weighted by atomic mass is 35.5. The molecule has 1 aromatic heterocycles. The third kappa shape index (κ3) is 2.11. The van der Waals surface area contributed by atoms with Gasteiger partial charge < -0.3 is 0 Å². The summed E-state index contributed by atoms with van der Waals surface area (Å²) in [5.41, 5.74) is 5.64. The molecule has 19 heavy (non-hydrogen) atoms. The van der Waals surface area contributed by atoms with Crippen molar-refractivity contribution < 1.29 is 0 Å². The van der Waals surface area contributed by atoms with Gasteiger partial charge in [-0.1, -0.05) is 41.9 Å². The van der Waals surface area contributed by atoms with Gasteiger partial charge in [0.15, 0.2) is 0 Å². The van der Waals surface area contributed by atoms with Crippen LogP contribution in [0.4, 0.5) is 0 Å². The molecule has 0 saturated heterocycles. The van der Waals surface area contributed by atoms with Gasteiger partial charge >= 0.3 is 0 Å². The van der Waals surface area contributed by atoms with Crippen molar-refractivity contribution in [1.29, 1.82) is 0 Å². The maximum atomic E-state index is 6.07. The average molecular weight is 268 g/mol. The van der Waals surface area contributed by atoms with Crippen molar-refractivity contribution in [3.63, 3.8) is 0 Å². The minimum atomic E-state index is 0.754. The Balaban J connectivity index is 2.34. The highest BCUT2D eigenvalue weighted by molar-refractivity contribution is 6.31. The van der Waals surface area contributed by atoms with Crippen molar-refractivity contribution in [2.24, 2.45) is 0 Å². The van der Waals surface area contributed by atoms with E-state index in [1.54, 1.807) is 0 Å². The molecule has 2 heteroatoms. The van der Waals surface area contributed by atoms with Gasteiger partial charge in [-0.15, -0.1) is 0 Å². The number of aryl methyl sites for hydroxylation is 1. The van der Waals surface area contributed by atoms with Crippen LogP contribution < -0.4 is 0 Å². The molecule has 1 nitrogen and oxygen atoms in total. The van der Waals surface area contributed by atoms with E-state index in [1.165, 1.54) is 11.1 Å². The summed E-state index contributed by atoms with van der Waals surface area (Å²) in [4.78, 5) is 4.79. The van der Waals surface area contributed by atoms with E-state index in [-0.39, 0.29) is 0 Å². The van der Waals surface area contributed by atoms with Crippen LogP contribution in [0.3, 0.4) is 0 Å². The Kier molecular flexibility index (Phi) is 3.00. The molecule has 0 atom stereocenters. The molecule has 3 aromatic rings. The fourth-order valence-corrected chi connectivity index (χ4v) is 2.54. The zero-order chi connectivity index (χ0) is 13.4. The van der Waals surface area contributed by atoms with E-state index in [0.717, 1.165) is 27.2 Å². The van der Waals surface area contributed by atoms with Crippen LogP contribution in [0.15, 0.2) is 48.5 Å². The number of aromatic nitrogens is 1. The lowest BCUT2D eigenvalue weighted by atomic mass is 9.99. The van der Waals surface area contributed by atoms with Gasteiger partial charge in [0.1, 0.15) is 0 Å². The Labute approximate surface area is 117 Å². The van der Waals surface area contributed by atoms with Crippen LogP contribution in [-0.2, 0) is 0 Å². The van der Waals surface area contributed by atoms with Gasteiger partial charge in [-0.3, -0.25) is 0 Å². The third-order valence-corrected chi connectivity index (χ3v) is 3.79. The van der Waals surface area contributed by atoms with Crippen LogP contribution in [0.2, 0.25) is 5.02 Å². The quantitative estimate of drug-likeness (QED) is 0.593. The summed E-state index contributed by atoms with van der Waals surface area (Å²) in [5.74, 6) is 0. The number of nitrogens with zero attached hydrogens (tertiary/aromatic N) is 1. The Morgan fingerprint density at radius 3 is 2.37 bits per heavy atom. The minimum absolute atomic E-state index is 0.754. The molecule has 0 saturated carbocycles. The van der Waals surface area contributed by atoms with Crippen molar-refractivity contribution in [3.05, 3.63) is 64.7 Å². The maximum absolute atomic E-state index is 6.07. The first-order valence-corrected chi connectivity index (χ1v) is 6.66. The van der Waals surface area contributed by atoms with Gasteiger partial charge in [0.2, 0.25) is 0 Å². The highest BCUT2D eigenvalue weighted by Crippen LogP contribution is 2.30. The lowest BCUT2D eigenvalue weighted by Gasteiger charge is -2.12. The second-order valence-electron chi connectivity index (χ2n) is 4.74. The van der Waals surface area contributed by atoms with Crippen LogP contribution in [0.25, 0.3) is 22.2 Å². The summed E-state index contributed by atoms with van der Waals surface area (Å²) in [6.07, 6.45) is 0. The molecule has 0 unspecified atom stereocenters. The zero-order valence-electron chi connectivity index (χ0n) is 10.9. The average Bonchev–Trinajstić information content (AvgIpc) is 2.44. The van der Waals surface area contributed by atoms with E-state index in [0.29, 0.717) is 0 Å². The first-order chi connectivity index (χ1) is 9.16. The van der Waals surface area contributed by atoms with Gasteiger partial charge in [-0.05, 0) is 43.2 Å². The Morgan fingerprint density at radius 1 is 0.895 bits per heavy atom. The second kappa shape index (κ2) is 4.67. The maximum Gasteiger partial charge on any atom is 0.0741 e. The first kappa shape index (κ1) is 12.2. The molecule has 0 amide bonds. The monoisotopic (exact) mass is 267 g/mol. The number of benzene rings is 2. The molecular formula is C17H14ClN. The van der Waals surface area contributed by atoms with E-state index in [9.17, 15) is 0 Å². The van der Waals surface area contributed by atoms with E-state index >= 15 is 0 Å².